The van der Waals surface area contributed by atoms with E-state index in [1.165, 1.54) is 12.1 Å². The van der Waals surface area contributed by atoms with E-state index in [2.05, 4.69) is 15.6 Å². The second-order valence-corrected chi connectivity index (χ2v) is 4.34. The highest BCUT2D eigenvalue weighted by molar-refractivity contribution is 5.54. The molecule has 0 bridgehead atoms. The molecule has 106 valence electrons. The maximum absolute atomic E-state index is 10.8. The number of pyridine rings is 1. The van der Waals surface area contributed by atoms with Gasteiger partial charge in [-0.05, 0) is 19.8 Å². The van der Waals surface area contributed by atoms with Gasteiger partial charge >= 0.3 is 0 Å². The van der Waals surface area contributed by atoms with Gasteiger partial charge in [0, 0.05) is 13.1 Å². The number of anilines is 2. The normalized spacial score (nSPS) is 11.9. The van der Waals surface area contributed by atoms with Gasteiger partial charge in [-0.1, -0.05) is 6.92 Å². The molecule has 1 rings (SSSR count). The summed E-state index contributed by atoms with van der Waals surface area (Å²) in [6.07, 6.45) is 1.06. The van der Waals surface area contributed by atoms with Crippen molar-refractivity contribution in [3.05, 3.63) is 22.2 Å². The van der Waals surface area contributed by atoms with E-state index in [-0.39, 0.29) is 5.69 Å². The Morgan fingerprint density at radius 3 is 2.42 bits per heavy atom. The van der Waals surface area contributed by atoms with Crippen LogP contribution in [0.4, 0.5) is 17.3 Å². The van der Waals surface area contributed by atoms with E-state index in [0.29, 0.717) is 31.1 Å². The molecule has 0 radical (unpaired) electrons. The van der Waals surface area contributed by atoms with Crippen LogP contribution < -0.4 is 10.6 Å². The van der Waals surface area contributed by atoms with Crippen LogP contribution >= 0.6 is 0 Å². The number of hydrogen-bond donors (Lipinski definition) is 3. The molecule has 3 N–H and O–H groups in total. The fourth-order valence-corrected chi connectivity index (χ4v) is 1.46. The number of hydrogen-bond acceptors (Lipinski definition) is 6. The minimum atomic E-state index is -0.446. The van der Waals surface area contributed by atoms with E-state index < -0.39 is 11.0 Å². The van der Waals surface area contributed by atoms with Crippen LogP contribution in [-0.4, -0.2) is 34.2 Å². The molecule has 1 atom stereocenters. The van der Waals surface area contributed by atoms with Crippen molar-refractivity contribution in [2.75, 3.05) is 23.7 Å². The Bertz CT molecular complexity index is 423. The first-order chi connectivity index (χ1) is 9.02. The zero-order chi connectivity index (χ0) is 14.3. The molecule has 1 heterocycles. The molecule has 0 aromatic carbocycles. The fourth-order valence-electron chi connectivity index (χ4n) is 1.46. The Labute approximate surface area is 112 Å². The van der Waals surface area contributed by atoms with Crippen molar-refractivity contribution >= 4 is 17.3 Å². The molecule has 19 heavy (non-hydrogen) atoms. The van der Waals surface area contributed by atoms with E-state index in [9.17, 15) is 10.1 Å². The van der Waals surface area contributed by atoms with Crippen LogP contribution in [0.5, 0.6) is 0 Å². The smallest absolute Gasteiger partial charge is 0.276 e. The van der Waals surface area contributed by atoms with E-state index in [4.69, 9.17) is 5.11 Å². The van der Waals surface area contributed by atoms with Gasteiger partial charge in [-0.25, -0.2) is 4.98 Å². The Morgan fingerprint density at radius 1 is 1.37 bits per heavy atom. The molecule has 0 amide bonds. The lowest BCUT2D eigenvalue weighted by Crippen LogP contribution is -2.11. The third-order valence-electron chi connectivity index (χ3n) is 2.45. The lowest BCUT2D eigenvalue weighted by Gasteiger charge is -2.09. The molecule has 0 aliphatic rings. The van der Waals surface area contributed by atoms with E-state index in [0.717, 1.165) is 6.42 Å². The lowest BCUT2D eigenvalue weighted by atomic mass is 10.3. The Kier molecular flexibility index (Phi) is 6.01. The molecule has 0 saturated carbocycles. The first kappa shape index (κ1) is 15.2. The first-order valence-corrected chi connectivity index (χ1v) is 6.35. The third-order valence-corrected chi connectivity index (χ3v) is 2.45. The third kappa shape index (κ3) is 5.52. The predicted octanol–water partition coefficient (Wildman–Crippen LogP) is 1.99. The predicted molar refractivity (Wildman–Crippen MR) is 74.5 cm³/mol. The average Bonchev–Trinajstić information content (AvgIpc) is 2.35. The summed E-state index contributed by atoms with van der Waals surface area (Å²) in [6.45, 7) is 4.92. The van der Waals surface area contributed by atoms with Crippen molar-refractivity contribution < 1.29 is 10.0 Å². The topological polar surface area (TPSA) is 100 Å². The minimum Gasteiger partial charge on any atom is -0.393 e. The summed E-state index contributed by atoms with van der Waals surface area (Å²) in [7, 11) is 0. The van der Waals surface area contributed by atoms with Crippen LogP contribution in [0.25, 0.3) is 0 Å². The number of nitrogens with zero attached hydrogens (tertiary/aromatic N) is 2. The van der Waals surface area contributed by atoms with Gasteiger partial charge in [0.1, 0.15) is 11.6 Å². The quantitative estimate of drug-likeness (QED) is 0.492. The zero-order valence-electron chi connectivity index (χ0n) is 11.2. The summed E-state index contributed by atoms with van der Waals surface area (Å²) >= 11 is 0. The number of aliphatic hydroxyl groups excluding tert-OH is 1. The Hall–Kier alpha value is -1.89. The molecule has 0 aliphatic carbocycles. The van der Waals surface area contributed by atoms with E-state index in [1.807, 2.05) is 6.92 Å². The van der Waals surface area contributed by atoms with Gasteiger partial charge in [0.2, 0.25) is 0 Å². The van der Waals surface area contributed by atoms with Crippen LogP contribution in [0.15, 0.2) is 12.1 Å². The maximum atomic E-state index is 10.8. The van der Waals surface area contributed by atoms with Gasteiger partial charge in [-0.3, -0.25) is 10.1 Å². The molecule has 1 aromatic rings. The maximum Gasteiger partial charge on any atom is 0.276 e. The summed E-state index contributed by atoms with van der Waals surface area (Å²) in [6, 6.07) is 2.80. The van der Waals surface area contributed by atoms with Gasteiger partial charge in [-0.2, -0.15) is 0 Å². The summed E-state index contributed by atoms with van der Waals surface area (Å²) in [5.74, 6) is 0.920. The van der Waals surface area contributed by atoms with Crippen molar-refractivity contribution in [1.82, 2.24) is 4.98 Å². The van der Waals surface area contributed by atoms with Crippen molar-refractivity contribution in [1.29, 1.82) is 0 Å². The monoisotopic (exact) mass is 268 g/mol. The fraction of sp³-hybridized carbons (Fsp3) is 0.583. The molecule has 1 unspecified atom stereocenters. The van der Waals surface area contributed by atoms with Crippen molar-refractivity contribution in [3.8, 4) is 0 Å². The van der Waals surface area contributed by atoms with Crippen LogP contribution in [-0.2, 0) is 0 Å². The van der Waals surface area contributed by atoms with Gasteiger partial charge in [-0.15, -0.1) is 0 Å². The molecule has 0 spiro atoms. The Balaban J connectivity index is 2.77. The zero-order valence-corrected chi connectivity index (χ0v) is 11.2. The molecular weight excluding hydrogens is 248 g/mol. The molecule has 1 aromatic heterocycles. The minimum absolute atomic E-state index is 0.00634. The van der Waals surface area contributed by atoms with Crippen LogP contribution in [0.1, 0.15) is 26.7 Å². The SMILES string of the molecule is CCCNc1cc([N+](=O)[O-])cc(NCCC(C)O)n1. The number of aliphatic hydroxyl groups is 1. The molecule has 7 heteroatoms. The highest BCUT2D eigenvalue weighted by Crippen LogP contribution is 2.20. The van der Waals surface area contributed by atoms with Crippen molar-refractivity contribution in [2.45, 2.75) is 32.8 Å². The largest absolute Gasteiger partial charge is 0.393 e. The summed E-state index contributed by atoms with van der Waals surface area (Å²) in [4.78, 5) is 14.6. The Morgan fingerprint density at radius 2 is 1.95 bits per heavy atom. The van der Waals surface area contributed by atoms with E-state index >= 15 is 0 Å². The average molecular weight is 268 g/mol. The van der Waals surface area contributed by atoms with Crippen molar-refractivity contribution in [2.24, 2.45) is 0 Å². The van der Waals surface area contributed by atoms with Gasteiger partial charge in [0.05, 0.1) is 23.2 Å². The van der Waals surface area contributed by atoms with Crippen LogP contribution in [0.3, 0.4) is 0 Å². The highest BCUT2D eigenvalue weighted by atomic mass is 16.6. The number of nitrogens with one attached hydrogen (secondary N) is 2. The lowest BCUT2D eigenvalue weighted by molar-refractivity contribution is -0.384. The van der Waals surface area contributed by atoms with Gasteiger partial charge < -0.3 is 15.7 Å². The molecule has 0 aliphatic heterocycles. The summed E-state index contributed by atoms with van der Waals surface area (Å²) in [5, 5.41) is 26.0. The summed E-state index contributed by atoms with van der Waals surface area (Å²) < 4.78 is 0. The summed E-state index contributed by atoms with van der Waals surface area (Å²) in [5.41, 5.74) is -0.00634. The molecule has 7 nitrogen and oxygen atoms in total. The number of aromatic nitrogens is 1. The highest BCUT2D eigenvalue weighted by Gasteiger charge is 2.11. The van der Waals surface area contributed by atoms with Gasteiger partial charge in [0.25, 0.3) is 5.69 Å². The van der Waals surface area contributed by atoms with Crippen molar-refractivity contribution in [3.63, 3.8) is 0 Å². The molecule has 0 fully saturated rings. The van der Waals surface area contributed by atoms with Gasteiger partial charge in [0.15, 0.2) is 0 Å². The molecular formula is C12H20N4O3. The number of nitro groups is 1. The second-order valence-electron chi connectivity index (χ2n) is 4.34. The van der Waals surface area contributed by atoms with Crippen LogP contribution in [0, 0.1) is 10.1 Å². The first-order valence-electron chi connectivity index (χ1n) is 6.35. The van der Waals surface area contributed by atoms with E-state index in [1.54, 1.807) is 6.92 Å². The van der Waals surface area contributed by atoms with Crippen LogP contribution in [0.2, 0.25) is 0 Å². The molecule has 0 saturated heterocycles. The number of rotatable bonds is 8. The standard InChI is InChI=1S/C12H20N4O3/c1-3-5-13-11-7-10(16(18)19)8-12(15-11)14-6-4-9(2)17/h7-9,17H,3-6H2,1-2H3,(H2,13,14,15). The second kappa shape index (κ2) is 7.52.